The van der Waals surface area contributed by atoms with Crippen molar-refractivity contribution in [3.63, 3.8) is 0 Å². The molecule has 1 amide bonds. The van der Waals surface area contributed by atoms with E-state index in [2.05, 4.69) is 18.3 Å². The first-order chi connectivity index (χ1) is 8.24. The number of anilines is 1. The van der Waals surface area contributed by atoms with E-state index in [1.54, 1.807) is 0 Å². The van der Waals surface area contributed by atoms with Crippen LogP contribution >= 0.6 is 0 Å². The first-order valence-corrected chi connectivity index (χ1v) is 6.34. The number of nitrogens with one attached hydrogen (secondary N) is 1. The van der Waals surface area contributed by atoms with E-state index in [0.717, 1.165) is 31.7 Å². The quantitative estimate of drug-likeness (QED) is 0.859. The summed E-state index contributed by atoms with van der Waals surface area (Å²) in [5, 5.41) is 3.23. The van der Waals surface area contributed by atoms with Crippen molar-refractivity contribution in [2.45, 2.75) is 20.3 Å². The predicted octanol–water partition coefficient (Wildman–Crippen LogP) is 1.82. The van der Waals surface area contributed by atoms with E-state index in [0.29, 0.717) is 0 Å². The maximum absolute atomic E-state index is 12.3. The molecule has 1 aromatic carbocycles. The lowest BCUT2D eigenvalue weighted by molar-refractivity contribution is -0.121. The van der Waals surface area contributed by atoms with Crippen LogP contribution in [0.1, 0.15) is 19.4 Å². The minimum Gasteiger partial charge on any atom is -0.316 e. The summed E-state index contributed by atoms with van der Waals surface area (Å²) >= 11 is 0. The van der Waals surface area contributed by atoms with Gasteiger partial charge in [-0.1, -0.05) is 32.0 Å². The minimum absolute atomic E-state index is 0.0427. The number of amides is 1. The van der Waals surface area contributed by atoms with Crippen LogP contribution in [0, 0.1) is 5.92 Å². The molecule has 0 saturated carbocycles. The van der Waals surface area contributed by atoms with Crippen molar-refractivity contribution in [2.75, 3.05) is 24.5 Å². The molecule has 1 atom stereocenters. The van der Waals surface area contributed by atoms with Gasteiger partial charge in [0, 0.05) is 24.7 Å². The van der Waals surface area contributed by atoms with Gasteiger partial charge in [-0.05, 0) is 24.6 Å². The normalized spacial score (nSPS) is 15.8. The van der Waals surface area contributed by atoms with Crippen molar-refractivity contribution in [3.05, 3.63) is 29.8 Å². The van der Waals surface area contributed by atoms with Crippen LogP contribution in [-0.4, -0.2) is 25.5 Å². The first kappa shape index (κ1) is 12.1. The molecule has 1 heterocycles. The molecule has 1 aromatic rings. The van der Waals surface area contributed by atoms with Gasteiger partial charge in [0.1, 0.15) is 0 Å². The summed E-state index contributed by atoms with van der Waals surface area (Å²) in [4.78, 5) is 14.2. The number of carbonyl (C=O) groups is 1. The molecule has 0 saturated heterocycles. The fourth-order valence-electron chi connectivity index (χ4n) is 2.28. The Morgan fingerprint density at radius 1 is 1.47 bits per heavy atom. The molecule has 0 radical (unpaired) electrons. The minimum atomic E-state index is 0.0427. The second-order valence-corrected chi connectivity index (χ2v) is 4.58. The number of nitrogens with zero attached hydrogens (tertiary/aromatic N) is 1. The third-order valence-electron chi connectivity index (χ3n) is 3.28. The molecule has 0 bridgehead atoms. The highest BCUT2D eigenvalue weighted by Gasteiger charge is 2.27. The molecule has 0 aromatic heterocycles. The molecule has 3 nitrogen and oxygen atoms in total. The fourth-order valence-corrected chi connectivity index (χ4v) is 2.28. The zero-order valence-corrected chi connectivity index (χ0v) is 10.6. The number of rotatable bonds is 4. The average molecular weight is 232 g/mol. The van der Waals surface area contributed by atoms with Crippen LogP contribution in [0.15, 0.2) is 24.3 Å². The summed E-state index contributed by atoms with van der Waals surface area (Å²) < 4.78 is 0. The number of para-hydroxylation sites is 1. The van der Waals surface area contributed by atoms with Gasteiger partial charge < -0.3 is 10.2 Å². The number of hydrogen-bond acceptors (Lipinski definition) is 2. The number of benzene rings is 1. The van der Waals surface area contributed by atoms with E-state index in [1.165, 1.54) is 5.56 Å². The van der Waals surface area contributed by atoms with Crippen molar-refractivity contribution in [2.24, 2.45) is 5.92 Å². The van der Waals surface area contributed by atoms with E-state index in [-0.39, 0.29) is 11.8 Å². The maximum atomic E-state index is 12.3. The summed E-state index contributed by atoms with van der Waals surface area (Å²) in [7, 11) is 0. The summed E-state index contributed by atoms with van der Waals surface area (Å²) in [6.45, 7) is 6.55. The van der Waals surface area contributed by atoms with Crippen molar-refractivity contribution in [3.8, 4) is 0 Å². The number of fused-ring (bicyclic) bond motifs is 1. The van der Waals surface area contributed by atoms with Gasteiger partial charge in [0.2, 0.25) is 5.91 Å². The molecule has 0 fully saturated rings. The number of hydrogen-bond donors (Lipinski definition) is 1. The van der Waals surface area contributed by atoms with Crippen LogP contribution < -0.4 is 10.2 Å². The zero-order chi connectivity index (χ0) is 12.3. The maximum Gasteiger partial charge on any atom is 0.231 e. The Kier molecular flexibility index (Phi) is 3.79. The van der Waals surface area contributed by atoms with Gasteiger partial charge in [-0.25, -0.2) is 0 Å². The van der Waals surface area contributed by atoms with E-state index >= 15 is 0 Å². The van der Waals surface area contributed by atoms with Crippen LogP contribution in [0.2, 0.25) is 0 Å². The highest BCUT2D eigenvalue weighted by atomic mass is 16.2. The molecule has 3 heteroatoms. The standard InChI is InChI=1S/C14H20N2O/c1-3-15-10-11(2)14(17)16-9-8-12-6-4-5-7-13(12)16/h4-7,11,15H,3,8-10H2,1-2H3. The molecule has 0 aliphatic carbocycles. The van der Waals surface area contributed by atoms with E-state index in [9.17, 15) is 4.79 Å². The summed E-state index contributed by atoms with van der Waals surface area (Å²) in [5.74, 6) is 0.275. The second kappa shape index (κ2) is 5.32. The Morgan fingerprint density at radius 2 is 2.24 bits per heavy atom. The molecule has 1 unspecified atom stereocenters. The Morgan fingerprint density at radius 3 is 3.00 bits per heavy atom. The van der Waals surface area contributed by atoms with Gasteiger partial charge in [0.15, 0.2) is 0 Å². The number of carbonyl (C=O) groups excluding carboxylic acids is 1. The average Bonchev–Trinajstić information content (AvgIpc) is 2.78. The third-order valence-corrected chi connectivity index (χ3v) is 3.28. The SMILES string of the molecule is CCNCC(C)C(=O)N1CCc2ccccc21. The summed E-state index contributed by atoms with van der Waals surface area (Å²) in [6, 6.07) is 8.19. The van der Waals surface area contributed by atoms with Crippen LogP contribution in [-0.2, 0) is 11.2 Å². The van der Waals surface area contributed by atoms with Gasteiger partial charge in [0.05, 0.1) is 0 Å². The highest BCUT2D eigenvalue weighted by molar-refractivity contribution is 5.96. The lowest BCUT2D eigenvalue weighted by Gasteiger charge is -2.21. The molecule has 1 aliphatic rings. The van der Waals surface area contributed by atoms with E-state index in [4.69, 9.17) is 0 Å². The third kappa shape index (κ3) is 2.50. The molecular formula is C14H20N2O. The topological polar surface area (TPSA) is 32.3 Å². The van der Waals surface area contributed by atoms with Crippen LogP contribution in [0.25, 0.3) is 0 Å². The molecule has 1 N–H and O–H groups in total. The molecule has 2 rings (SSSR count). The lowest BCUT2D eigenvalue weighted by atomic mass is 10.1. The lowest BCUT2D eigenvalue weighted by Crippen LogP contribution is -2.38. The first-order valence-electron chi connectivity index (χ1n) is 6.34. The van der Waals surface area contributed by atoms with Crippen molar-refractivity contribution in [1.82, 2.24) is 5.32 Å². The Bertz CT molecular complexity index is 403. The van der Waals surface area contributed by atoms with Gasteiger partial charge in [0.25, 0.3) is 0 Å². The highest BCUT2D eigenvalue weighted by Crippen LogP contribution is 2.28. The van der Waals surface area contributed by atoms with Crippen molar-refractivity contribution >= 4 is 11.6 Å². The van der Waals surface area contributed by atoms with E-state index in [1.807, 2.05) is 30.0 Å². The monoisotopic (exact) mass is 232 g/mol. The molecular weight excluding hydrogens is 212 g/mol. The van der Waals surface area contributed by atoms with Crippen molar-refractivity contribution in [1.29, 1.82) is 0 Å². The summed E-state index contributed by atoms with van der Waals surface area (Å²) in [5.41, 5.74) is 2.39. The zero-order valence-electron chi connectivity index (χ0n) is 10.6. The second-order valence-electron chi connectivity index (χ2n) is 4.58. The largest absolute Gasteiger partial charge is 0.316 e. The van der Waals surface area contributed by atoms with Gasteiger partial charge in [-0.3, -0.25) is 4.79 Å². The van der Waals surface area contributed by atoms with Gasteiger partial charge in [-0.2, -0.15) is 0 Å². The Hall–Kier alpha value is -1.35. The smallest absolute Gasteiger partial charge is 0.231 e. The van der Waals surface area contributed by atoms with E-state index < -0.39 is 0 Å². The van der Waals surface area contributed by atoms with Crippen molar-refractivity contribution < 1.29 is 4.79 Å². The predicted molar refractivity (Wildman–Crippen MR) is 70.2 cm³/mol. The van der Waals surface area contributed by atoms with Crippen LogP contribution in [0.4, 0.5) is 5.69 Å². The molecule has 92 valence electrons. The Balaban J connectivity index is 2.07. The molecule has 17 heavy (non-hydrogen) atoms. The van der Waals surface area contributed by atoms with Crippen LogP contribution in [0.5, 0.6) is 0 Å². The van der Waals surface area contributed by atoms with Gasteiger partial charge in [-0.15, -0.1) is 0 Å². The molecule has 0 spiro atoms. The fraction of sp³-hybridized carbons (Fsp3) is 0.500. The molecule has 1 aliphatic heterocycles. The van der Waals surface area contributed by atoms with Crippen LogP contribution in [0.3, 0.4) is 0 Å². The Labute approximate surface area is 103 Å². The summed E-state index contributed by atoms with van der Waals surface area (Å²) in [6.07, 6.45) is 0.982. The van der Waals surface area contributed by atoms with Gasteiger partial charge >= 0.3 is 0 Å².